The molecule has 3 nitrogen and oxygen atoms in total. The SMILES string of the molecule is CCN1CCN(C(C)CNC(C)C)CC1. The summed E-state index contributed by atoms with van der Waals surface area (Å²) in [6.07, 6.45) is 0. The van der Waals surface area contributed by atoms with E-state index in [1.54, 1.807) is 0 Å². The number of rotatable bonds is 5. The lowest BCUT2D eigenvalue weighted by Gasteiger charge is -2.37. The van der Waals surface area contributed by atoms with Crippen molar-refractivity contribution in [3.63, 3.8) is 0 Å². The van der Waals surface area contributed by atoms with E-state index < -0.39 is 0 Å². The van der Waals surface area contributed by atoms with Crippen molar-refractivity contribution >= 4 is 0 Å². The first-order valence-corrected chi connectivity index (χ1v) is 6.33. The van der Waals surface area contributed by atoms with Gasteiger partial charge in [-0.15, -0.1) is 0 Å². The number of likely N-dealkylation sites (N-methyl/N-ethyl adjacent to an activating group) is 1. The smallest absolute Gasteiger partial charge is 0.0193 e. The van der Waals surface area contributed by atoms with E-state index in [9.17, 15) is 0 Å². The van der Waals surface area contributed by atoms with E-state index >= 15 is 0 Å². The first-order valence-electron chi connectivity index (χ1n) is 6.33. The number of hydrogen-bond acceptors (Lipinski definition) is 3. The van der Waals surface area contributed by atoms with Gasteiger partial charge < -0.3 is 10.2 Å². The van der Waals surface area contributed by atoms with Crippen LogP contribution in [-0.2, 0) is 0 Å². The highest BCUT2D eigenvalue weighted by Gasteiger charge is 2.19. The molecule has 3 heteroatoms. The van der Waals surface area contributed by atoms with Crippen LogP contribution in [0.5, 0.6) is 0 Å². The summed E-state index contributed by atoms with van der Waals surface area (Å²) in [7, 11) is 0. The predicted molar refractivity (Wildman–Crippen MR) is 66.3 cm³/mol. The third-order valence-electron chi connectivity index (χ3n) is 3.30. The molecule has 0 bridgehead atoms. The van der Waals surface area contributed by atoms with Crippen LogP contribution in [0.25, 0.3) is 0 Å². The highest BCUT2D eigenvalue weighted by Crippen LogP contribution is 2.05. The standard InChI is InChI=1S/C12H27N3/c1-5-14-6-8-15(9-7-14)12(4)10-13-11(2)3/h11-13H,5-10H2,1-4H3. The van der Waals surface area contributed by atoms with Crippen LogP contribution in [0.4, 0.5) is 0 Å². The van der Waals surface area contributed by atoms with Crippen molar-refractivity contribution in [3.8, 4) is 0 Å². The zero-order valence-corrected chi connectivity index (χ0v) is 10.8. The van der Waals surface area contributed by atoms with Crippen molar-refractivity contribution in [1.82, 2.24) is 15.1 Å². The Bertz CT molecular complexity index is 162. The lowest BCUT2D eigenvalue weighted by Crippen LogP contribution is -2.52. The third kappa shape index (κ3) is 4.49. The van der Waals surface area contributed by atoms with Gasteiger partial charge in [0.05, 0.1) is 0 Å². The molecule has 1 rings (SSSR count). The van der Waals surface area contributed by atoms with E-state index in [2.05, 4.69) is 42.8 Å². The molecule has 1 N–H and O–H groups in total. The van der Waals surface area contributed by atoms with Gasteiger partial charge in [0.25, 0.3) is 0 Å². The molecule has 0 radical (unpaired) electrons. The van der Waals surface area contributed by atoms with Gasteiger partial charge in [0.1, 0.15) is 0 Å². The fraction of sp³-hybridized carbons (Fsp3) is 1.00. The zero-order chi connectivity index (χ0) is 11.3. The van der Waals surface area contributed by atoms with Gasteiger partial charge in [0.2, 0.25) is 0 Å². The summed E-state index contributed by atoms with van der Waals surface area (Å²) >= 11 is 0. The van der Waals surface area contributed by atoms with Gasteiger partial charge in [-0.25, -0.2) is 0 Å². The summed E-state index contributed by atoms with van der Waals surface area (Å²) in [5.41, 5.74) is 0. The Morgan fingerprint density at radius 3 is 2.13 bits per heavy atom. The zero-order valence-electron chi connectivity index (χ0n) is 10.8. The Morgan fingerprint density at radius 1 is 1.07 bits per heavy atom. The van der Waals surface area contributed by atoms with E-state index in [4.69, 9.17) is 0 Å². The largest absolute Gasteiger partial charge is 0.313 e. The predicted octanol–water partition coefficient (Wildman–Crippen LogP) is 1.01. The molecule has 0 amide bonds. The number of hydrogen-bond donors (Lipinski definition) is 1. The minimum atomic E-state index is 0.601. The first-order chi connectivity index (χ1) is 7.13. The Balaban J connectivity index is 2.20. The molecule has 0 spiro atoms. The number of nitrogens with one attached hydrogen (secondary N) is 1. The van der Waals surface area contributed by atoms with Gasteiger partial charge in [-0.05, 0) is 13.5 Å². The Morgan fingerprint density at radius 2 is 1.67 bits per heavy atom. The minimum absolute atomic E-state index is 0.601. The second kappa shape index (κ2) is 6.46. The van der Waals surface area contributed by atoms with Gasteiger partial charge in [-0.3, -0.25) is 4.90 Å². The van der Waals surface area contributed by atoms with E-state index in [1.807, 2.05) is 0 Å². The van der Waals surface area contributed by atoms with Crippen molar-refractivity contribution in [2.75, 3.05) is 39.3 Å². The van der Waals surface area contributed by atoms with Gasteiger partial charge >= 0.3 is 0 Å². The van der Waals surface area contributed by atoms with Crippen LogP contribution in [0, 0.1) is 0 Å². The lowest BCUT2D eigenvalue weighted by atomic mass is 10.2. The van der Waals surface area contributed by atoms with Crippen molar-refractivity contribution in [3.05, 3.63) is 0 Å². The van der Waals surface area contributed by atoms with E-state index in [1.165, 1.54) is 32.7 Å². The fourth-order valence-electron chi connectivity index (χ4n) is 2.06. The first kappa shape index (κ1) is 12.9. The maximum atomic E-state index is 3.51. The molecule has 15 heavy (non-hydrogen) atoms. The number of nitrogens with zero attached hydrogens (tertiary/aromatic N) is 2. The normalized spacial score (nSPS) is 22.2. The summed E-state index contributed by atoms with van der Waals surface area (Å²) in [5, 5.41) is 3.51. The van der Waals surface area contributed by atoms with Crippen molar-refractivity contribution in [2.45, 2.75) is 39.8 Å². The van der Waals surface area contributed by atoms with Crippen molar-refractivity contribution in [2.24, 2.45) is 0 Å². The lowest BCUT2D eigenvalue weighted by molar-refractivity contribution is 0.104. The average Bonchev–Trinajstić information content (AvgIpc) is 2.26. The summed E-state index contributed by atoms with van der Waals surface area (Å²) < 4.78 is 0. The van der Waals surface area contributed by atoms with Crippen LogP contribution in [0.1, 0.15) is 27.7 Å². The van der Waals surface area contributed by atoms with Crippen LogP contribution < -0.4 is 5.32 Å². The van der Waals surface area contributed by atoms with Crippen molar-refractivity contribution in [1.29, 1.82) is 0 Å². The molecular weight excluding hydrogens is 186 g/mol. The molecule has 1 saturated heterocycles. The van der Waals surface area contributed by atoms with E-state index in [0.717, 1.165) is 6.54 Å². The quantitative estimate of drug-likeness (QED) is 0.735. The monoisotopic (exact) mass is 213 g/mol. The van der Waals surface area contributed by atoms with Gasteiger partial charge in [0, 0.05) is 44.8 Å². The molecule has 90 valence electrons. The Kier molecular flexibility index (Phi) is 5.58. The van der Waals surface area contributed by atoms with Crippen LogP contribution in [0.2, 0.25) is 0 Å². The molecule has 1 aliphatic rings. The molecule has 0 aromatic rings. The molecule has 1 aliphatic heterocycles. The Labute approximate surface area is 94.8 Å². The average molecular weight is 213 g/mol. The molecule has 1 heterocycles. The molecular formula is C12H27N3. The van der Waals surface area contributed by atoms with Crippen LogP contribution >= 0.6 is 0 Å². The van der Waals surface area contributed by atoms with Crippen LogP contribution in [0.3, 0.4) is 0 Å². The number of piperazine rings is 1. The Hall–Kier alpha value is -0.120. The topological polar surface area (TPSA) is 18.5 Å². The van der Waals surface area contributed by atoms with Crippen molar-refractivity contribution < 1.29 is 0 Å². The second-order valence-corrected chi connectivity index (χ2v) is 4.88. The minimum Gasteiger partial charge on any atom is -0.313 e. The fourth-order valence-corrected chi connectivity index (χ4v) is 2.06. The highest BCUT2D eigenvalue weighted by atomic mass is 15.3. The van der Waals surface area contributed by atoms with Crippen LogP contribution in [-0.4, -0.2) is 61.2 Å². The molecule has 0 aromatic carbocycles. The molecule has 1 atom stereocenters. The van der Waals surface area contributed by atoms with E-state index in [0.29, 0.717) is 12.1 Å². The van der Waals surface area contributed by atoms with Gasteiger partial charge in [-0.2, -0.15) is 0 Å². The highest BCUT2D eigenvalue weighted by molar-refractivity contribution is 4.77. The molecule has 0 aromatic heterocycles. The summed E-state index contributed by atoms with van der Waals surface area (Å²) in [4.78, 5) is 5.13. The van der Waals surface area contributed by atoms with Crippen LogP contribution in [0.15, 0.2) is 0 Å². The van der Waals surface area contributed by atoms with Gasteiger partial charge in [-0.1, -0.05) is 20.8 Å². The maximum absolute atomic E-state index is 3.51. The molecule has 1 fully saturated rings. The van der Waals surface area contributed by atoms with E-state index in [-0.39, 0.29) is 0 Å². The molecule has 0 saturated carbocycles. The maximum Gasteiger partial charge on any atom is 0.0193 e. The summed E-state index contributed by atoms with van der Waals surface area (Å²) in [5.74, 6) is 0. The summed E-state index contributed by atoms with van der Waals surface area (Å²) in [6.45, 7) is 16.3. The summed E-state index contributed by atoms with van der Waals surface area (Å²) in [6, 6.07) is 1.27. The third-order valence-corrected chi connectivity index (χ3v) is 3.30. The molecule has 0 aliphatic carbocycles. The second-order valence-electron chi connectivity index (χ2n) is 4.88. The molecule has 1 unspecified atom stereocenters. The van der Waals surface area contributed by atoms with Gasteiger partial charge in [0.15, 0.2) is 0 Å².